The van der Waals surface area contributed by atoms with Crippen LogP contribution in [0.4, 0.5) is 5.69 Å². The van der Waals surface area contributed by atoms with Crippen LogP contribution in [-0.4, -0.2) is 27.0 Å². The van der Waals surface area contributed by atoms with Gasteiger partial charge in [0.15, 0.2) is 0 Å². The van der Waals surface area contributed by atoms with Gasteiger partial charge in [0.2, 0.25) is 0 Å². The van der Waals surface area contributed by atoms with Crippen LogP contribution < -0.4 is 10.9 Å². The highest BCUT2D eigenvalue weighted by atomic mass is 16.6. The molecule has 0 aliphatic rings. The summed E-state index contributed by atoms with van der Waals surface area (Å²) in [6, 6.07) is 8.51. The molecule has 0 atom stereocenters. The monoisotopic (exact) mass is 343 g/mol. The van der Waals surface area contributed by atoms with Gasteiger partial charge in [-0.3, -0.25) is 19.0 Å². The molecule has 2 aromatic rings. The van der Waals surface area contributed by atoms with Crippen LogP contribution in [-0.2, 0) is 16.1 Å². The van der Waals surface area contributed by atoms with Gasteiger partial charge in [0.25, 0.3) is 11.5 Å². The summed E-state index contributed by atoms with van der Waals surface area (Å²) in [4.78, 5) is 40.8. The number of benzene rings is 1. The third-order valence-electron chi connectivity index (χ3n) is 3.24. The lowest BCUT2D eigenvalue weighted by atomic mass is 10.2. The molecule has 0 radical (unpaired) electrons. The Morgan fingerprint density at radius 1 is 1.20 bits per heavy atom. The van der Waals surface area contributed by atoms with Crippen molar-refractivity contribution in [1.29, 1.82) is 0 Å². The number of carbonyl (C=O) groups excluding carboxylic acids is 2. The summed E-state index contributed by atoms with van der Waals surface area (Å²) in [5.41, 5.74) is -0.743. The largest absolute Gasteiger partial charge is 0.459 e. The molecule has 0 aliphatic carbocycles. The number of nitrogens with one attached hydrogen (secondary N) is 1. The van der Waals surface area contributed by atoms with E-state index in [0.717, 1.165) is 0 Å². The van der Waals surface area contributed by atoms with Crippen molar-refractivity contribution in [3.05, 3.63) is 58.3 Å². The molecule has 0 fully saturated rings. The van der Waals surface area contributed by atoms with Crippen molar-refractivity contribution in [1.82, 2.24) is 9.55 Å². The van der Waals surface area contributed by atoms with E-state index in [1.807, 2.05) is 0 Å². The first-order valence-corrected chi connectivity index (χ1v) is 7.82. The van der Waals surface area contributed by atoms with Gasteiger partial charge in [-0.05, 0) is 39.8 Å². The van der Waals surface area contributed by atoms with Crippen LogP contribution in [0.15, 0.2) is 41.3 Å². The highest BCUT2D eigenvalue weighted by Crippen LogP contribution is 2.09. The second-order valence-corrected chi connectivity index (χ2v) is 6.52. The van der Waals surface area contributed by atoms with Crippen molar-refractivity contribution >= 4 is 17.6 Å². The van der Waals surface area contributed by atoms with Crippen LogP contribution in [0.2, 0.25) is 0 Å². The van der Waals surface area contributed by atoms with E-state index < -0.39 is 23.0 Å². The minimum Gasteiger partial charge on any atom is -0.459 e. The van der Waals surface area contributed by atoms with Crippen molar-refractivity contribution in [2.75, 3.05) is 5.32 Å². The molecule has 0 unspecified atom stereocenters. The summed E-state index contributed by atoms with van der Waals surface area (Å²) in [5.74, 6) is -0.619. The molecule has 7 heteroatoms. The molecule has 0 saturated heterocycles. The van der Waals surface area contributed by atoms with Gasteiger partial charge in [-0.15, -0.1) is 0 Å². The summed E-state index contributed by atoms with van der Waals surface area (Å²) in [7, 11) is 0. The first-order chi connectivity index (χ1) is 11.7. The number of esters is 1. The zero-order chi connectivity index (χ0) is 18.6. The number of anilines is 1. The van der Waals surface area contributed by atoms with E-state index in [1.54, 1.807) is 58.0 Å². The zero-order valence-electron chi connectivity index (χ0n) is 14.7. The molecule has 0 spiro atoms. The van der Waals surface area contributed by atoms with Crippen LogP contribution in [0.3, 0.4) is 0 Å². The molecule has 1 amide bonds. The van der Waals surface area contributed by atoms with Crippen LogP contribution in [0.5, 0.6) is 0 Å². The summed E-state index contributed by atoms with van der Waals surface area (Å²) < 4.78 is 6.40. The summed E-state index contributed by atoms with van der Waals surface area (Å²) in [6.07, 6.45) is 1.28. The lowest BCUT2D eigenvalue weighted by Gasteiger charge is -2.20. The molecule has 0 saturated carbocycles. The Labute approximate surface area is 145 Å². The van der Waals surface area contributed by atoms with Gasteiger partial charge in [-0.25, -0.2) is 4.98 Å². The lowest BCUT2D eigenvalue weighted by molar-refractivity contribution is -0.155. The summed E-state index contributed by atoms with van der Waals surface area (Å²) in [6.45, 7) is 6.57. The maximum Gasteiger partial charge on any atom is 0.326 e. The number of amides is 1. The predicted octanol–water partition coefficient (Wildman–Crippen LogP) is 2.15. The molecule has 1 aromatic carbocycles. The van der Waals surface area contributed by atoms with Crippen molar-refractivity contribution in [2.24, 2.45) is 0 Å². The maximum absolute atomic E-state index is 12.6. The molecular formula is C18H21N3O4. The zero-order valence-corrected chi connectivity index (χ0v) is 14.7. The number of hydrogen-bond acceptors (Lipinski definition) is 5. The van der Waals surface area contributed by atoms with Gasteiger partial charge < -0.3 is 10.1 Å². The molecular weight excluding hydrogens is 322 g/mol. The van der Waals surface area contributed by atoms with E-state index in [9.17, 15) is 14.4 Å². The Balaban J connectivity index is 2.23. The Hall–Kier alpha value is -2.96. The van der Waals surface area contributed by atoms with Crippen molar-refractivity contribution in [3.8, 4) is 0 Å². The molecule has 2 rings (SSSR count). The normalized spacial score (nSPS) is 11.0. The fraction of sp³-hybridized carbons (Fsp3) is 0.333. The average Bonchev–Trinajstić information content (AvgIpc) is 2.53. The molecule has 1 heterocycles. The van der Waals surface area contributed by atoms with Crippen molar-refractivity contribution in [2.45, 2.75) is 39.8 Å². The molecule has 0 aliphatic heterocycles. The Morgan fingerprint density at radius 2 is 1.84 bits per heavy atom. The Kier molecular flexibility index (Phi) is 5.36. The Morgan fingerprint density at radius 3 is 2.44 bits per heavy atom. The van der Waals surface area contributed by atoms with Crippen LogP contribution in [0.1, 0.15) is 37.0 Å². The lowest BCUT2D eigenvalue weighted by Crippen LogP contribution is -2.33. The average molecular weight is 343 g/mol. The molecule has 25 heavy (non-hydrogen) atoms. The fourth-order valence-electron chi connectivity index (χ4n) is 2.13. The third-order valence-corrected chi connectivity index (χ3v) is 3.24. The topological polar surface area (TPSA) is 90.3 Å². The fourth-order valence-corrected chi connectivity index (χ4v) is 2.13. The van der Waals surface area contributed by atoms with E-state index in [4.69, 9.17) is 4.74 Å². The maximum atomic E-state index is 12.6. The second-order valence-electron chi connectivity index (χ2n) is 6.52. The molecule has 132 valence electrons. The Bertz CT molecular complexity index is 836. The standard InChI is InChI=1S/C18H21N3O4/c1-12-19-10-14(20-16(23)13-8-6-5-7-9-13)17(24)21(12)11-15(22)25-18(2,3)4/h5-10H,11H2,1-4H3,(H,20,23). The number of carbonyl (C=O) groups is 2. The van der Waals surface area contributed by atoms with E-state index in [1.165, 1.54) is 10.8 Å². The van der Waals surface area contributed by atoms with Gasteiger partial charge in [0.1, 0.15) is 23.7 Å². The highest BCUT2D eigenvalue weighted by molar-refractivity contribution is 6.04. The second kappa shape index (κ2) is 7.29. The van der Waals surface area contributed by atoms with Crippen LogP contribution in [0.25, 0.3) is 0 Å². The molecule has 7 nitrogen and oxygen atoms in total. The van der Waals surface area contributed by atoms with E-state index in [-0.39, 0.29) is 12.2 Å². The molecule has 0 bridgehead atoms. The minimum absolute atomic E-state index is 0.00279. The third kappa shape index (κ3) is 5.00. The van der Waals surface area contributed by atoms with Gasteiger partial charge in [0.05, 0.1) is 6.20 Å². The molecule has 1 aromatic heterocycles. The quantitative estimate of drug-likeness (QED) is 0.859. The number of nitrogens with zero attached hydrogens (tertiary/aromatic N) is 2. The number of aryl methyl sites for hydroxylation is 1. The van der Waals surface area contributed by atoms with Gasteiger partial charge in [0, 0.05) is 5.56 Å². The first kappa shape index (κ1) is 18.4. The number of aromatic nitrogens is 2. The van der Waals surface area contributed by atoms with Gasteiger partial charge in [-0.1, -0.05) is 18.2 Å². The SMILES string of the molecule is Cc1ncc(NC(=O)c2ccccc2)c(=O)n1CC(=O)OC(C)(C)C. The van der Waals surface area contributed by atoms with E-state index >= 15 is 0 Å². The number of hydrogen-bond donors (Lipinski definition) is 1. The smallest absolute Gasteiger partial charge is 0.326 e. The molecule has 1 N–H and O–H groups in total. The van der Waals surface area contributed by atoms with Crippen molar-refractivity contribution in [3.63, 3.8) is 0 Å². The van der Waals surface area contributed by atoms with Gasteiger partial charge >= 0.3 is 5.97 Å². The summed E-state index contributed by atoms with van der Waals surface area (Å²) in [5, 5.41) is 2.53. The highest BCUT2D eigenvalue weighted by Gasteiger charge is 2.19. The van der Waals surface area contributed by atoms with Crippen LogP contribution in [0, 0.1) is 6.92 Å². The van der Waals surface area contributed by atoms with E-state index in [2.05, 4.69) is 10.3 Å². The predicted molar refractivity (Wildman–Crippen MR) is 93.5 cm³/mol. The number of rotatable bonds is 4. The van der Waals surface area contributed by atoms with Gasteiger partial charge in [-0.2, -0.15) is 0 Å². The van der Waals surface area contributed by atoms with Crippen molar-refractivity contribution < 1.29 is 14.3 Å². The number of ether oxygens (including phenoxy) is 1. The van der Waals surface area contributed by atoms with E-state index in [0.29, 0.717) is 11.4 Å². The first-order valence-electron chi connectivity index (χ1n) is 7.82. The summed E-state index contributed by atoms with van der Waals surface area (Å²) >= 11 is 0. The minimum atomic E-state index is -0.652. The van der Waals surface area contributed by atoms with Crippen LogP contribution >= 0.6 is 0 Å².